The van der Waals surface area contributed by atoms with Crippen LogP contribution in [0.2, 0.25) is 0 Å². The molecule has 1 atom stereocenters. The fourth-order valence-electron chi connectivity index (χ4n) is 1.93. The van der Waals surface area contributed by atoms with Crippen molar-refractivity contribution in [3.8, 4) is 0 Å². The largest absolute Gasteiger partial charge is 0.481 e. The van der Waals surface area contributed by atoms with E-state index in [9.17, 15) is 18.4 Å². The molecule has 110 valence electrons. The summed E-state index contributed by atoms with van der Waals surface area (Å²) in [6.45, 7) is 4.25. The smallest absolute Gasteiger partial charge is 0.410 e. The van der Waals surface area contributed by atoms with E-state index in [0.29, 0.717) is 0 Å². The molecule has 1 saturated heterocycles. The molecule has 1 amide bonds. The summed E-state index contributed by atoms with van der Waals surface area (Å²) in [5.74, 6) is -5.69. The predicted octanol–water partition coefficient (Wildman–Crippen LogP) is 2.35. The van der Waals surface area contributed by atoms with Gasteiger partial charge in [0.25, 0.3) is 5.92 Å². The lowest BCUT2D eigenvalue weighted by Gasteiger charge is -2.38. The number of amides is 1. The monoisotopic (exact) mass is 279 g/mol. The first kappa shape index (κ1) is 15.7. The van der Waals surface area contributed by atoms with Crippen LogP contribution in [0.15, 0.2) is 0 Å². The quantitative estimate of drug-likeness (QED) is 0.842. The molecule has 7 heteroatoms. The third-order valence-corrected chi connectivity index (χ3v) is 2.82. The van der Waals surface area contributed by atoms with Crippen LogP contribution in [0.5, 0.6) is 0 Å². The van der Waals surface area contributed by atoms with Gasteiger partial charge in [0.05, 0.1) is 13.0 Å². The van der Waals surface area contributed by atoms with Gasteiger partial charge < -0.3 is 14.7 Å². The Labute approximate surface area is 110 Å². The fourth-order valence-corrected chi connectivity index (χ4v) is 1.93. The maximum absolute atomic E-state index is 13.8. The van der Waals surface area contributed by atoms with E-state index in [2.05, 4.69) is 0 Å². The number of carboxylic acids is 1. The predicted molar refractivity (Wildman–Crippen MR) is 63.1 cm³/mol. The van der Waals surface area contributed by atoms with Gasteiger partial charge in [0.1, 0.15) is 5.60 Å². The third-order valence-electron chi connectivity index (χ3n) is 2.82. The van der Waals surface area contributed by atoms with Crippen molar-refractivity contribution < 1.29 is 28.2 Å². The van der Waals surface area contributed by atoms with Crippen LogP contribution < -0.4 is 0 Å². The van der Waals surface area contributed by atoms with E-state index in [4.69, 9.17) is 9.84 Å². The lowest BCUT2D eigenvalue weighted by Crippen LogP contribution is -2.52. The number of alkyl halides is 2. The van der Waals surface area contributed by atoms with E-state index >= 15 is 0 Å². The minimum atomic E-state index is -3.20. The van der Waals surface area contributed by atoms with E-state index < -0.39 is 42.5 Å². The third kappa shape index (κ3) is 4.65. The van der Waals surface area contributed by atoms with Crippen molar-refractivity contribution in [1.29, 1.82) is 0 Å². The first-order chi connectivity index (χ1) is 8.51. The summed E-state index contributed by atoms with van der Waals surface area (Å²) in [6.07, 6.45) is -1.42. The molecule has 1 unspecified atom stereocenters. The normalized spacial score (nSPS) is 23.0. The molecule has 0 aliphatic carbocycles. The van der Waals surface area contributed by atoms with E-state index in [-0.39, 0.29) is 13.0 Å². The van der Waals surface area contributed by atoms with Crippen molar-refractivity contribution in [2.45, 2.75) is 45.1 Å². The Morgan fingerprint density at radius 3 is 2.42 bits per heavy atom. The molecule has 0 aromatic carbocycles. The highest BCUT2D eigenvalue weighted by Gasteiger charge is 2.47. The van der Waals surface area contributed by atoms with Crippen LogP contribution in [0.4, 0.5) is 13.6 Å². The molecule has 5 nitrogen and oxygen atoms in total. The molecule has 1 aliphatic heterocycles. The number of likely N-dealkylation sites (tertiary alicyclic amines) is 1. The van der Waals surface area contributed by atoms with Crippen molar-refractivity contribution >= 4 is 12.1 Å². The van der Waals surface area contributed by atoms with Crippen molar-refractivity contribution in [3.05, 3.63) is 0 Å². The topological polar surface area (TPSA) is 66.8 Å². The summed E-state index contributed by atoms with van der Waals surface area (Å²) >= 11 is 0. The van der Waals surface area contributed by atoms with Crippen LogP contribution in [0.25, 0.3) is 0 Å². The van der Waals surface area contributed by atoms with Gasteiger partial charge in [-0.1, -0.05) is 0 Å². The summed E-state index contributed by atoms with van der Waals surface area (Å²) in [5.41, 5.74) is -0.746. The standard InChI is InChI=1S/C12H19F2NO4/c1-11(2,3)19-10(18)15-5-4-8(6-9(16)17)12(13,14)7-15/h8H,4-7H2,1-3H3,(H,16,17). The molecule has 0 aromatic rings. The Morgan fingerprint density at radius 1 is 1.42 bits per heavy atom. The summed E-state index contributed by atoms with van der Waals surface area (Å²) in [4.78, 5) is 23.1. The lowest BCUT2D eigenvalue weighted by molar-refractivity contribution is -0.148. The molecule has 0 saturated carbocycles. The Morgan fingerprint density at radius 2 is 2.00 bits per heavy atom. The van der Waals surface area contributed by atoms with Crippen LogP contribution in [0, 0.1) is 5.92 Å². The number of rotatable bonds is 2. The minimum absolute atomic E-state index is 0.0431. The maximum Gasteiger partial charge on any atom is 0.410 e. The molecule has 1 rings (SSSR count). The maximum atomic E-state index is 13.8. The van der Waals surface area contributed by atoms with Crippen molar-refractivity contribution in [3.63, 3.8) is 0 Å². The summed E-state index contributed by atoms with van der Waals surface area (Å²) in [7, 11) is 0. The highest BCUT2D eigenvalue weighted by Crippen LogP contribution is 2.35. The molecule has 1 fully saturated rings. The highest BCUT2D eigenvalue weighted by atomic mass is 19.3. The molecular formula is C12H19F2NO4. The Balaban J connectivity index is 2.65. The second kappa shape index (κ2) is 5.30. The average Bonchev–Trinajstić information content (AvgIpc) is 2.17. The van der Waals surface area contributed by atoms with Gasteiger partial charge in [-0.15, -0.1) is 0 Å². The van der Waals surface area contributed by atoms with Crippen molar-refractivity contribution in [2.24, 2.45) is 5.92 Å². The van der Waals surface area contributed by atoms with Crippen LogP contribution in [-0.2, 0) is 9.53 Å². The fraction of sp³-hybridized carbons (Fsp3) is 0.833. The Hall–Kier alpha value is -1.40. The number of carboxylic acid groups (broad SMARTS) is 1. The van der Waals surface area contributed by atoms with Gasteiger partial charge in [-0.25, -0.2) is 13.6 Å². The SMILES string of the molecule is CC(C)(C)OC(=O)N1CCC(CC(=O)O)C(F)(F)C1. The van der Waals surface area contributed by atoms with Crippen LogP contribution >= 0.6 is 0 Å². The average molecular weight is 279 g/mol. The van der Waals surface area contributed by atoms with Gasteiger partial charge in [-0.3, -0.25) is 4.79 Å². The number of halogens is 2. The minimum Gasteiger partial charge on any atom is -0.481 e. The van der Waals surface area contributed by atoms with Gasteiger partial charge in [0, 0.05) is 12.5 Å². The zero-order valence-corrected chi connectivity index (χ0v) is 11.3. The molecule has 19 heavy (non-hydrogen) atoms. The van der Waals surface area contributed by atoms with E-state index in [1.165, 1.54) is 0 Å². The van der Waals surface area contributed by atoms with Crippen molar-refractivity contribution in [1.82, 2.24) is 4.90 Å². The van der Waals surface area contributed by atoms with Gasteiger partial charge in [0.15, 0.2) is 0 Å². The summed E-state index contributed by atoms with van der Waals surface area (Å²) in [5, 5.41) is 8.59. The summed E-state index contributed by atoms with van der Waals surface area (Å²) < 4.78 is 32.5. The van der Waals surface area contributed by atoms with Gasteiger partial charge in [-0.05, 0) is 27.2 Å². The van der Waals surface area contributed by atoms with Crippen LogP contribution in [-0.4, -0.2) is 46.7 Å². The molecule has 0 bridgehead atoms. The first-order valence-electron chi connectivity index (χ1n) is 6.09. The molecular weight excluding hydrogens is 260 g/mol. The Bertz CT molecular complexity index is 365. The number of hydrogen-bond acceptors (Lipinski definition) is 3. The van der Waals surface area contributed by atoms with E-state index in [0.717, 1.165) is 4.90 Å². The molecule has 1 heterocycles. The van der Waals surface area contributed by atoms with Crippen LogP contribution in [0.3, 0.4) is 0 Å². The number of piperidine rings is 1. The molecule has 0 spiro atoms. The van der Waals surface area contributed by atoms with Gasteiger partial charge in [0.2, 0.25) is 0 Å². The number of aliphatic carboxylic acids is 1. The first-order valence-corrected chi connectivity index (χ1v) is 6.09. The second-order valence-electron chi connectivity index (χ2n) is 5.75. The number of carbonyl (C=O) groups is 2. The van der Waals surface area contributed by atoms with E-state index in [1.54, 1.807) is 20.8 Å². The van der Waals surface area contributed by atoms with E-state index in [1.807, 2.05) is 0 Å². The van der Waals surface area contributed by atoms with Crippen LogP contribution in [0.1, 0.15) is 33.6 Å². The van der Waals surface area contributed by atoms with Gasteiger partial charge >= 0.3 is 12.1 Å². The summed E-state index contributed by atoms with van der Waals surface area (Å²) in [6, 6.07) is 0. The molecule has 0 aromatic heterocycles. The Kier molecular flexibility index (Phi) is 4.37. The zero-order valence-electron chi connectivity index (χ0n) is 11.3. The van der Waals surface area contributed by atoms with Gasteiger partial charge in [-0.2, -0.15) is 0 Å². The molecule has 1 N–H and O–H groups in total. The molecule has 1 aliphatic rings. The number of carbonyl (C=O) groups excluding carboxylic acids is 1. The molecule has 0 radical (unpaired) electrons. The highest BCUT2D eigenvalue weighted by molar-refractivity contribution is 5.69. The van der Waals surface area contributed by atoms with Crippen molar-refractivity contribution in [2.75, 3.05) is 13.1 Å². The number of hydrogen-bond donors (Lipinski definition) is 1. The lowest BCUT2D eigenvalue weighted by atomic mass is 9.90. The second-order valence-corrected chi connectivity index (χ2v) is 5.75. The number of nitrogens with zero attached hydrogens (tertiary/aromatic N) is 1. The number of ether oxygens (including phenoxy) is 1. The zero-order chi connectivity index (χ0) is 14.8.